The van der Waals surface area contributed by atoms with Crippen molar-refractivity contribution in [3.8, 4) is 5.75 Å². The molecule has 0 aliphatic carbocycles. The second-order valence-corrected chi connectivity index (χ2v) is 6.28. The molecular formula is C20H18ClN2O+. The second kappa shape index (κ2) is 6.17. The van der Waals surface area contributed by atoms with Crippen LogP contribution in [0.5, 0.6) is 5.75 Å². The minimum absolute atomic E-state index is 0.102. The van der Waals surface area contributed by atoms with Crippen LogP contribution in [0.2, 0.25) is 0 Å². The van der Waals surface area contributed by atoms with E-state index < -0.39 is 0 Å². The lowest BCUT2D eigenvalue weighted by Gasteiger charge is -2.18. The summed E-state index contributed by atoms with van der Waals surface area (Å²) in [5.74, 6) is 0.919. The normalized spacial score (nSPS) is 21.2. The third-order valence-electron chi connectivity index (χ3n) is 4.31. The van der Waals surface area contributed by atoms with Crippen molar-refractivity contribution >= 4 is 29.2 Å². The predicted molar refractivity (Wildman–Crippen MR) is 98.3 cm³/mol. The summed E-state index contributed by atoms with van der Waals surface area (Å²) in [4.78, 5) is 2.13. The van der Waals surface area contributed by atoms with Gasteiger partial charge >= 0.3 is 0 Å². The van der Waals surface area contributed by atoms with Crippen LogP contribution in [0, 0.1) is 0 Å². The molecule has 0 spiro atoms. The van der Waals surface area contributed by atoms with Crippen LogP contribution in [0.4, 0.5) is 11.4 Å². The molecule has 4 heteroatoms. The van der Waals surface area contributed by atoms with Crippen molar-refractivity contribution in [3.05, 3.63) is 77.5 Å². The molecule has 0 radical (unpaired) electrons. The molecule has 0 aromatic heterocycles. The number of allylic oxidation sites excluding steroid dienone is 2. The molecule has 4 rings (SSSR count). The summed E-state index contributed by atoms with van der Waals surface area (Å²) in [6.45, 7) is 0. The van der Waals surface area contributed by atoms with Gasteiger partial charge in [-0.1, -0.05) is 30.3 Å². The average molecular weight is 338 g/mol. The minimum atomic E-state index is -0.102. The number of likely N-dealkylation sites (N-methyl/N-ethyl adjacent to an activating group) is 1. The molecule has 2 aromatic rings. The summed E-state index contributed by atoms with van der Waals surface area (Å²) >= 11 is 6.48. The Morgan fingerprint density at radius 3 is 2.62 bits per heavy atom. The summed E-state index contributed by atoms with van der Waals surface area (Å²) in [5.41, 5.74) is 3.33. The molecule has 0 N–H and O–H groups in total. The van der Waals surface area contributed by atoms with Crippen LogP contribution < -0.4 is 9.64 Å². The van der Waals surface area contributed by atoms with E-state index in [4.69, 9.17) is 16.3 Å². The highest BCUT2D eigenvalue weighted by Crippen LogP contribution is 2.36. The van der Waals surface area contributed by atoms with Crippen molar-refractivity contribution in [3.63, 3.8) is 0 Å². The van der Waals surface area contributed by atoms with E-state index >= 15 is 0 Å². The highest BCUT2D eigenvalue weighted by atomic mass is 35.5. The SMILES string of the molecule is CN1c2ccccc2OC1C=C1C=C(Cl)[N+](c2ccccc2)=CC1. The summed E-state index contributed by atoms with van der Waals surface area (Å²) in [5, 5.41) is 0.692. The monoisotopic (exact) mass is 337 g/mol. The summed E-state index contributed by atoms with van der Waals surface area (Å²) in [6.07, 6.45) is 6.95. The maximum absolute atomic E-state index is 6.48. The van der Waals surface area contributed by atoms with Gasteiger partial charge in [-0.2, -0.15) is 4.58 Å². The Morgan fingerprint density at radius 1 is 1.12 bits per heavy atom. The van der Waals surface area contributed by atoms with Crippen molar-refractivity contribution in [1.82, 2.24) is 0 Å². The number of fused-ring (bicyclic) bond motifs is 1. The van der Waals surface area contributed by atoms with Crippen molar-refractivity contribution in [1.29, 1.82) is 0 Å². The minimum Gasteiger partial charge on any atom is -0.465 e. The summed E-state index contributed by atoms with van der Waals surface area (Å²) in [7, 11) is 2.04. The third-order valence-corrected chi connectivity index (χ3v) is 4.60. The molecule has 2 heterocycles. The largest absolute Gasteiger partial charge is 0.465 e. The van der Waals surface area contributed by atoms with Crippen LogP contribution >= 0.6 is 11.6 Å². The van der Waals surface area contributed by atoms with Gasteiger partial charge in [0.15, 0.2) is 12.4 Å². The lowest BCUT2D eigenvalue weighted by Crippen LogP contribution is -2.29. The molecule has 3 nitrogen and oxygen atoms in total. The highest BCUT2D eigenvalue weighted by Gasteiger charge is 2.27. The Bertz CT molecular complexity index is 855. The number of benzene rings is 2. The molecule has 24 heavy (non-hydrogen) atoms. The molecule has 1 atom stereocenters. The van der Waals surface area contributed by atoms with Gasteiger partial charge in [-0.25, -0.2) is 0 Å². The van der Waals surface area contributed by atoms with Gasteiger partial charge in [-0.15, -0.1) is 0 Å². The van der Waals surface area contributed by atoms with E-state index in [9.17, 15) is 0 Å². The number of para-hydroxylation sites is 3. The fraction of sp³-hybridized carbons (Fsp3) is 0.150. The van der Waals surface area contributed by atoms with Gasteiger partial charge in [0, 0.05) is 25.3 Å². The first-order valence-corrected chi connectivity index (χ1v) is 8.34. The number of halogens is 1. The molecule has 0 fully saturated rings. The standard InChI is InChI=1S/C20H18ClN2O/c1-22-17-9-5-6-10-18(17)24-20(22)14-15-11-12-23(19(21)13-15)16-7-3-2-4-8-16/h2-10,12-14,20H,11H2,1H3/q+1. The lowest BCUT2D eigenvalue weighted by molar-refractivity contribution is -0.367. The number of nitrogens with zero attached hydrogens (tertiary/aromatic N) is 2. The van der Waals surface area contributed by atoms with Crippen molar-refractivity contribution < 1.29 is 9.31 Å². The number of ether oxygens (including phenoxy) is 1. The Morgan fingerprint density at radius 2 is 1.88 bits per heavy atom. The highest BCUT2D eigenvalue weighted by molar-refractivity contribution is 6.28. The molecule has 0 amide bonds. The summed E-state index contributed by atoms with van der Waals surface area (Å²) in [6, 6.07) is 18.2. The molecule has 0 bridgehead atoms. The van der Waals surface area contributed by atoms with E-state index in [0.717, 1.165) is 29.1 Å². The summed E-state index contributed by atoms with van der Waals surface area (Å²) < 4.78 is 8.03. The van der Waals surface area contributed by atoms with Gasteiger partial charge in [-0.3, -0.25) is 0 Å². The van der Waals surface area contributed by atoms with Crippen molar-refractivity contribution in [2.45, 2.75) is 12.6 Å². The average Bonchev–Trinajstić information content (AvgIpc) is 2.92. The first-order valence-electron chi connectivity index (χ1n) is 7.96. The Kier molecular flexibility index (Phi) is 3.87. The molecule has 2 aliphatic heterocycles. The van der Waals surface area contributed by atoms with Gasteiger partial charge in [0.2, 0.25) is 5.69 Å². The molecule has 2 aromatic carbocycles. The van der Waals surface area contributed by atoms with Gasteiger partial charge in [0.1, 0.15) is 5.75 Å². The topological polar surface area (TPSA) is 15.5 Å². The van der Waals surface area contributed by atoms with Crippen LogP contribution in [-0.4, -0.2) is 24.1 Å². The number of hydrogen-bond acceptors (Lipinski definition) is 2. The van der Waals surface area contributed by atoms with Crippen molar-refractivity contribution in [2.75, 3.05) is 11.9 Å². The van der Waals surface area contributed by atoms with Crippen molar-refractivity contribution in [2.24, 2.45) is 0 Å². The quantitative estimate of drug-likeness (QED) is 0.584. The maximum atomic E-state index is 6.48. The first kappa shape index (κ1) is 15.0. The third kappa shape index (κ3) is 2.72. The number of anilines is 1. The Balaban J connectivity index is 1.56. The Hall–Kier alpha value is -2.52. The maximum Gasteiger partial charge on any atom is 0.280 e. The van der Waals surface area contributed by atoms with E-state index in [1.165, 1.54) is 0 Å². The predicted octanol–water partition coefficient (Wildman–Crippen LogP) is 4.67. The van der Waals surface area contributed by atoms with Crippen LogP contribution in [0.15, 0.2) is 77.5 Å². The zero-order chi connectivity index (χ0) is 16.5. The molecule has 0 saturated carbocycles. The molecular weight excluding hydrogens is 320 g/mol. The fourth-order valence-electron chi connectivity index (χ4n) is 3.02. The second-order valence-electron chi connectivity index (χ2n) is 5.89. The zero-order valence-corrected chi connectivity index (χ0v) is 14.1. The molecule has 0 saturated heterocycles. The van der Waals surface area contributed by atoms with Crippen LogP contribution in [0.3, 0.4) is 0 Å². The van der Waals surface area contributed by atoms with Gasteiger partial charge in [0.05, 0.1) is 12.1 Å². The number of rotatable bonds is 2. The van der Waals surface area contributed by atoms with Gasteiger partial charge in [0.25, 0.3) is 5.16 Å². The Labute approximate surface area is 146 Å². The van der Waals surface area contributed by atoms with E-state index in [1.54, 1.807) is 0 Å². The van der Waals surface area contributed by atoms with Crippen LogP contribution in [0.25, 0.3) is 0 Å². The number of hydrogen-bond donors (Lipinski definition) is 0. The van der Waals surface area contributed by atoms with E-state index in [-0.39, 0.29) is 6.23 Å². The molecule has 1 unspecified atom stereocenters. The van der Waals surface area contributed by atoms with E-state index in [2.05, 4.69) is 23.3 Å². The molecule has 120 valence electrons. The van der Waals surface area contributed by atoms with Crippen LogP contribution in [-0.2, 0) is 0 Å². The first-order chi connectivity index (χ1) is 11.7. The van der Waals surface area contributed by atoms with E-state index in [0.29, 0.717) is 5.16 Å². The molecule has 2 aliphatic rings. The van der Waals surface area contributed by atoms with E-state index in [1.807, 2.05) is 66.2 Å². The van der Waals surface area contributed by atoms with Gasteiger partial charge in [-0.05, 0) is 35.4 Å². The fourth-order valence-corrected chi connectivity index (χ4v) is 3.33. The zero-order valence-electron chi connectivity index (χ0n) is 13.4. The lowest BCUT2D eigenvalue weighted by atomic mass is 10.1. The van der Waals surface area contributed by atoms with Crippen LogP contribution in [0.1, 0.15) is 6.42 Å². The smallest absolute Gasteiger partial charge is 0.280 e. The van der Waals surface area contributed by atoms with Gasteiger partial charge < -0.3 is 9.64 Å².